The predicted molar refractivity (Wildman–Crippen MR) is 125 cm³/mol. The van der Waals surface area contributed by atoms with Crippen molar-refractivity contribution in [1.82, 2.24) is 4.31 Å². The highest BCUT2D eigenvalue weighted by molar-refractivity contribution is 9.11. The van der Waals surface area contributed by atoms with E-state index in [2.05, 4.69) is 31.9 Å². The zero-order chi connectivity index (χ0) is 22.3. The molecule has 0 spiro atoms. The molecular weight excluding hydrogens is 552 g/mol. The Balaban J connectivity index is 1.80. The van der Waals surface area contributed by atoms with Gasteiger partial charge in [0.1, 0.15) is 17.1 Å². The molecule has 1 aliphatic heterocycles. The molecular formula is C21H20Br2N2O5S. The number of rotatable bonds is 5. The second kappa shape index (κ2) is 8.67. The van der Waals surface area contributed by atoms with Gasteiger partial charge in [0.25, 0.3) is 0 Å². The Morgan fingerprint density at radius 1 is 1.16 bits per heavy atom. The van der Waals surface area contributed by atoms with Crippen molar-refractivity contribution in [2.45, 2.75) is 18.2 Å². The van der Waals surface area contributed by atoms with Crippen LogP contribution in [0.25, 0.3) is 11.0 Å². The topological polar surface area (TPSA) is 104 Å². The van der Waals surface area contributed by atoms with Crippen LogP contribution in [0.4, 0.5) is 0 Å². The zero-order valence-electron chi connectivity index (χ0n) is 16.6. The minimum absolute atomic E-state index is 0.0577. The second-order valence-electron chi connectivity index (χ2n) is 7.09. The van der Waals surface area contributed by atoms with Crippen LogP contribution in [-0.4, -0.2) is 49.8 Å². The number of morpholine rings is 1. The standard InChI is InChI=1S/C21H20Br2N2O5S/c1-2-17-19(20(24)12-9-15(22)21(26)16(23)10-12)14-4-3-13(11-18(14)30-17)31(27,28)25-5-7-29-8-6-25/h3-4,9-11,24,26H,2,5-8H2,1H3. The molecule has 3 aromatic rings. The molecule has 1 aliphatic rings. The van der Waals surface area contributed by atoms with Crippen LogP contribution in [0.3, 0.4) is 0 Å². The molecule has 1 fully saturated rings. The summed E-state index contributed by atoms with van der Waals surface area (Å²) in [5.41, 5.74) is 1.83. The predicted octanol–water partition coefficient (Wildman–Crippen LogP) is 4.66. The van der Waals surface area contributed by atoms with E-state index in [4.69, 9.17) is 14.6 Å². The van der Waals surface area contributed by atoms with Gasteiger partial charge in [0, 0.05) is 42.1 Å². The van der Waals surface area contributed by atoms with Crippen LogP contribution in [0.15, 0.2) is 48.6 Å². The highest BCUT2D eigenvalue weighted by Crippen LogP contribution is 2.36. The molecule has 0 amide bonds. The highest BCUT2D eigenvalue weighted by Gasteiger charge is 2.28. The fraction of sp³-hybridized carbons (Fsp3) is 0.286. The lowest BCUT2D eigenvalue weighted by Crippen LogP contribution is -2.40. The molecule has 2 heterocycles. The van der Waals surface area contributed by atoms with E-state index in [1.807, 2.05) is 6.92 Å². The fourth-order valence-corrected chi connectivity index (χ4v) is 6.21. The van der Waals surface area contributed by atoms with Gasteiger partial charge in [-0.1, -0.05) is 6.92 Å². The monoisotopic (exact) mass is 570 g/mol. The molecule has 1 aromatic heterocycles. The zero-order valence-corrected chi connectivity index (χ0v) is 20.6. The van der Waals surface area contributed by atoms with Crippen LogP contribution >= 0.6 is 31.9 Å². The maximum Gasteiger partial charge on any atom is 0.243 e. The van der Waals surface area contributed by atoms with Crippen molar-refractivity contribution in [2.24, 2.45) is 0 Å². The molecule has 0 aliphatic carbocycles. The molecule has 1 saturated heterocycles. The quantitative estimate of drug-likeness (QED) is 0.433. The molecule has 0 bridgehead atoms. The first-order chi connectivity index (χ1) is 14.7. The van der Waals surface area contributed by atoms with E-state index < -0.39 is 10.0 Å². The highest BCUT2D eigenvalue weighted by atomic mass is 79.9. The number of fused-ring (bicyclic) bond motifs is 1. The van der Waals surface area contributed by atoms with Crippen molar-refractivity contribution in [3.05, 3.63) is 56.2 Å². The van der Waals surface area contributed by atoms with E-state index in [1.165, 1.54) is 10.4 Å². The Labute approximate surface area is 196 Å². The van der Waals surface area contributed by atoms with Crippen molar-refractivity contribution >= 4 is 58.6 Å². The van der Waals surface area contributed by atoms with Crippen molar-refractivity contribution in [1.29, 1.82) is 5.41 Å². The van der Waals surface area contributed by atoms with Gasteiger partial charge in [0.15, 0.2) is 0 Å². The number of phenolic OH excluding ortho intramolecular Hbond substituents is 1. The van der Waals surface area contributed by atoms with E-state index in [0.717, 1.165) is 0 Å². The number of nitrogens with zero attached hydrogens (tertiary/aromatic N) is 1. The number of furan rings is 1. The molecule has 0 atom stereocenters. The van der Waals surface area contributed by atoms with Crippen molar-refractivity contribution < 1.29 is 22.7 Å². The molecule has 10 heteroatoms. The summed E-state index contributed by atoms with van der Waals surface area (Å²) in [5.74, 6) is 0.656. The van der Waals surface area contributed by atoms with Gasteiger partial charge in [-0.25, -0.2) is 8.42 Å². The maximum absolute atomic E-state index is 13.0. The van der Waals surface area contributed by atoms with E-state index >= 15 is 0 Å². The van der Waals surface area contributed by atoms with Gasteiger partial charge in [-0.3, -0.25) is 5.41 Å². The molecule has 0 radical (unpaired) electrons. The number of benzene rings is 2. The van der Waals surface area contributed by atoms with Crippen LogP contribution < -0.4 is 0 Å². The number of aromatic hydroxyl groups is 1. The van der Waals surface area contributed by atoms with Crippen LogP contribution in [0.5, 0.6) is 5.75 Å². The average molecular weight is 572 g/mol. The van der Waals surface area contributed by atoms with Crippen LogP contribution in [0, 0.1) is 5.41 Å². The molecule has 0 saturated carbocycles. The van der Waals surface area contributed by atoms with Gasteiger partial charge >= 0.3 is 0 Å². The van der Waals surface area contributed by atoms with Gasteiger partial charge in [0.05, 0.1) is 32.8 Å². The molecule has 164 valence electrons. The molecule has 7 nitrogen and oxygen atoms in total. The summed E-state index contributed by atoms with van der Waals surface area (Å²) in [6.45, 7) is 3.31. The number of aryl methyl sites for hydroxylation is 1. The Hall–Kier alpha value is -1.72. The van der Waals surface area contributed by atoms with Gasteiger partial charge in [-0.2, -0.15) is 4.31 Å². The van der Waals surface area contributed by atoms with E-state index in [1.54, 1.807) is 24.3 Å². The Morgan fingerprint density at radius 2 is 1.81 bits per heavy atom. The molecule has 0 unspecified atom stereocenters. The first-order valence-corrected chi connectivity index (χ1v) is 12.7. The molecule has 2 aromatic carbocycles. The lowest BCUT2D eigenvalue weighted by Gasteiger charge is -2.25. The molecule has 4 rings (SSSR count). The van der Waals surface area contributed by atoms with E-state index in [0.29, 0.717) is 69.5 Å². The normalized spacial score (nSPS) is 15.5. The summed E-state index contributed by atoms with van der Waals surface area (Å²) >= 11 is 6.61. The Kier molecular flexibility index (Phi) is 6.28. The van der Waals surface area contributed by atoms with Gasteiger partial charge in [-0.15, -0.1) is 0 Å². The number of ether oxygens (including phenoxy) is 1. The summed E-state index contributed by atoms with van der Waals surface area (Å²) in [6.07, 6.45) is 0.540. The smallest absolute Gasteiger partial charge is 0.243 e. The Morgan fingerprint density at radius 3 is 2.42 bits per heavy atom. The molecule has 31 heavy (non-hydrogen) atoms. The number of hydrogen-bond donors (Lipinski definition) is 2. The van der Waals surface area contributed by atoms with Crippen molar-refractivity contribution in [3.63, 3.8) is 0 Å². The third kappa shape index (κ3) is 4.07. The number of sulfonamides is 1. The third-order valence-corrected chi connectivity index (χ3v) is 8.32. The van der Waals surface area contributed by atoms with E-state index in [-0.39, 0.29) is 16.4 Å². The number of phenols is 1. The van der Waals surface area contributed by atoms with Crippen LogP contribution in [-0.2, 0) is 21.2 Å². The first kappa shape index (κ1) is 22.5. The SMILES string of the molecule is CCc1oc2cc(S(=O)(=O)N3CCOCC3)ccc2c1C(=N)c1cc(Br)c(O)c(Br)c1. The summed E-state index contributed by atoms with van der Waals surface area (Å²) in [5, 5.41) is 19.4. The molecule has 2 N–H and O–H groups in total. The average Bonchev–Trinajstić information content (AvgIpc) is 3.15. The lowest BCUT2D eigenvalue weighted by molar-refractivity contribution is 0.0730. The number of halogens is 2. The number of nitrogens with one attached hydrogen (secondary N) is 1. The summed E-state index contributed by atoms with van der Waals surface area (Å²) in [7, 11) is -3.65. The summed E-state index contributed by atoms with van der Waals surface area (Å²) in [4.78, 5) is 0.159. The van der Waals surface area contributed by atoms with Gasteiger partial charge in [0.2, 0.25) is 10.0 Å². The minimum Gasteiger partial charge on any atom is -0.506 e. The fourth-order valence-electron chi connectivity index (χ4n) is 3.60. The van der Waals surface area contributed by atoms with Gasteiger partial charge < -0.3 is 14.3 Å². The van der Waals surface area contributed by atoms with Crippen molar-refractivity contribution in [3.8, 4) is 5.75 Å². The lowest BCUT2D eigenvalue weighted by atomic mass is 9.98. The van der Waals surface area contributed by atoms with Crippen LogP contribution in [0.2, 0.25) is 0 Å². The third-order valence-electron chi connectivity index (χ3n) is 5.22. The summed E-state index contributed by atoms with van der Waals surface area (Å²) in [6, 6.07) is 8.11. The largest absolute Gasteiger partial charge is 0.506 e. The second-order valence-corrected chi connectivity index (χ2v) is 10.7. The van der Waals surface area contributed by atoms with Crippen molar-refractivity contribution in [2.75, 3.05) is 26.3 Å². The van der Waals surface area contributed by atoms with Gasteiger partial charge in [-0.05, 0) is 56.1 Å². The first-order valence-electron chi connectivity index (χ1n) is 9.64. The summed E-state index contributed by atoms with van der Waals surface area (Å²) < 4.78 is 39.6. The Bertz CT molecular complexity index is 1260. The van der Waals surface area contributed by atoms with Crippen LogP contribution in [0.1, 0.15) is 23.8 Å². The minimum atomic E-state index is -3.65. The van der Waals surface area contributed by atoms with E-state index in [9.17, 15) is 13.5 Å². The maximum atomic E-state index is 13.0. The number of hydrogen-bond acceptors (Lipinski definition) is 6.